The maximum atomic E-state index is 13.3. The second kappa shape index (κ2) is 6.35. The van der Waals surface area contributed by atoms with Gasteiger partial charge in [0.2, 0.25) is 0 Å². The van der Waals surface area contributed by atoms with Crippen molar-refractivity contribution in [3.8, 4) is 0 Å². The summed E-state index contributed by atoms with van der Waals surface area (Å²) in [5.41, 5.74) is 2.51. The number of nitrogens with zero attached hydrogens (tertiary/aromatic N) is 1. The van der Waals surface area contributed by atoms with E-state index in [4.69, 9.17) is 0 Å². The zero-order valence-electron chi connectivity index (χ0n) is 12.3. The molecule has 0 atom stereocenters. The summed E-state index contributed by atoms with van der Waals surface area (Å²) in [6.07, 6.45) is 0.731. The van der Waals surface area contributed by atoms with Crippen LogP contribution in [0.3, 0.4) is 0 Å². The Balaban J connectivity index is 2.27. The molecule has 0 unspecified atom stereocenters. The van der Waals surface area contributed by atoms with Gasteiger partial charge in [-0.1, -0.05) is 6.92 Å². The second-order valence-electron chi connectivity index (χ2n) is 4.81. The van der Waals surface area contributed by atoms with Crippen molar-refractivity contribution in [2.24, 2.45) is 0 Å². The van der Waals surface area contributed by atoms with Crippen LogP contribution >= 0.6 is 0 Å². The van der Waals surface area contributed by atoms with Crippen LogP contribution in [-0.2, 0) is 6.42 Å². The average Bonchev–Trinajstić information content (AvgIpc) is 2.45. The molecule has 1 heterocycles. The van der Waals surface area contributed by atoms with Gasteiger partial charge < -0.3 is 10.6 Å². The topological polar surface area (TPSA) is 54.0 Å². The lowest BCUT2D eigenvalue weighted by Crippen LogP contribution is -2.13. The van der Waals surface area contributed by atoms with Crippen LogP contribution in [0, 0.1) is 12.7 Å². The van der Waals surface area contributed by atoms with E-state index in [1.807, 2.05) is 6.92 Å². The SMILES string of the molecule is CCc1cc(C(=O)Nc2cc(C)cc(F)c2)cc(NC)n1. The molecule has 0 saturated carbocycles. The van der Waals surface area contributed by atoms with Crippen molar-refractivity contribution in [3.63, 3.8) is 0 Å². The number of hydrogen-bond donors (Lipinski definition) is 2. The first-order valence-corrected chi connectivity index (χ1v) is 6.79. The number of benzene rings is 1. The summed E-state index contributed by atoms with van der Waals surface area (Å²) in [5, 5.41) is 5.64. The molecule has 110 valence electrons. The lowest BCUT2D eigenvalue weighted by Gasteiger charge is -2.09. The molecular weight excluding hydrogens is 269 g/mol. The van der Waals surface area contributed by atoms with Crippen molar-refractivity contribution >= 4 is 17.4 Å². The number of aryl methyl sites for hydroxylation is 2. The fourth-order valence-corrected chi connectivity index (χ4v) is 2.04. The molecule has 0 fully saturated rings. The van der Waals surface area contributed by atoms with Crippen molar-refractivity contribution in [2.45, 2.75) is 20.3 Å². The Morgan fingerprint density at radius 2 is 2.00 bits per heavy atom. The predicted molar refractivity (Wildman–Crippen MR) is 82.3 cm³/mol. The van der Waals surface area contributed by atoms with Gasteiger partial charge in [0.1, 0.15) is 11.6 Å². The van der Waals surface area contributed by atoms with Crippen molar-refractivity contribution in [3.05, 3.63) is 53.0 Å². The number of carbonyl (C=O) groups is 1. The maximum Gasteiger partial charge on any atom is 0.255 e. The predicted octanol–water partition coefficient (Wildman–Crippen LogP) is 3.39. The standard InChI is InChI=1S/C16H18FN3O/c1-4-13-7-11(8-15(18-3)19-13)16(21)20-14-6-10(2)5-12(17)9-14/h5-9H,4H2,1-3H3,(H,18,19)(H,20,21). The summed E-state index contributed by atoms with van der Waals surface area (Å²) in [6, 6.07) is 7.84. The quantitative estimate of drug-likeness (QED) is 0.906. The minimum atomic E-state index is -0.370. The van der Waals surface area contributed by atoms with E-state index in [0.717, 1.165) is 17.7 Å². The van der Waals surface area contributed by atoms with E-state index in [-0.39, 0.29) is 11.7 Å². The monoisotopic (exact) mass is 287 g/mol. The summed E-state index contributed by atoms with van der Waals surface area (Å²) in [6.45, 7) is 3.75. The van der Waals surface area contributed by atoms with E-state index in [1.54, 1.807) is 32.2 Å². The molecule has 4 nitrogen and oxygen atoms in total. The number of anilines is 2. The molecule has 1 aromatic heterocycles. The van der Waals surface area contributed by atoms with Crippen LogP contribution in [0.1, 0.15) is 28.5 Å². The number of rotatable bonds is 4. The number of nitrogens with one attached hydrogen (secondary N) is 2. The third-order valence-corrected chi connectivity index (χ3v) is 3.06. The number of carbonyl (C=O) groups excluding carboxylic acids is 1. The lowest BCUT2D eigenvalue weighted by molar-refractivity contribution is 0.102. The zero-order chi connectivity index (χ0) is 15.4. The van der Waals surface area contributed by atoms with E-state index in [0.29, 0.717) is 17.1 Å². The van der Waals surface area contributed by atoms with E-state index >= 15 is 0 Å². The van der Waals surface area contributed by atoms with Gasteiger partial charge in [-0.15, -0.1) is 0 Å². The lowest BCUT2D eigenvalue weighted by atomic mass is 10.1. The van der Waals surface area contributed by atoms with Gasteiger partial charge in [0.25, 0.3) is 5.91 Å². The van der Waals surface area contributed by atoms with Gasteiger partial charge in [-0.2, -0.15) is 0 Å². The smallest absolute Gasteiger partial charge is 0.255 e. The first kappa shape index (κ1) is 15.0. The van der Waals surface area contributed by atoms with Crippen molar-refractivity contribution < 1.29 is 9.18 Å². The Kier molecular flexibility index (Phi) is 4.52. The van der Waals surface area contributed by atoms with Crippen LogP contribution in [-0.4, -0.2) is 17.9 Å². The minimum absolute atomic E-state index is 0.284. The second-order valence-corrected chi connectivity index (χ2v) is 4.81. The van der Waals surface area contributed by atoms with Gasteiger partial charge in [0.05, 0.1) is 0 Å². The molecule has 1 aromatic carbocycles. The first-order chi connectivity index (χ1) is 10.0. The molecular formula is C16H18FN3O. The Morgan fingerprint density at radius 3 is 2.62 bits per heavy atom. The van der Waals surface area contributed by atoms with Crippen LogP contribution in [0.4, 0.5) is 15.9 Å². The van der Waals surface area contributed by atoms with Crippen molar-refractivity contribution in [2.75, 3.05) is 17.7 Å². The van der Waals surface area contributed by atoms with E-state index in [1.165, 1.54) is 12.1 Å². The molecule has 2 rings (SSSR count). The Hall–Kier alpha value is -2.43. The molecule has 0 radical (unpaired) electrons. The number of hydrogen-bond acceptors (Lipinski definition) is 3. The van der Waals surface area contributed by atoms with Gasteiger partial charge in [-0.05, 0) is 49.2 Å². The summed E-state index contributed by atoms with van der Waals surface area (Å²) in [7, 11) is 1.75. The molecule has 0 aliphatic heterocycles. The van der Waals surface area contributed by atoms with Crippen LogP contribution in [0.15, 0.2) is 30.3 Å². The fourth-order valence-electron chi connectivity index (χ4n) is 2.04. The highest BCUT2D eigenvalue weighted by Gasteiger charge is 2.10. The molecule has 2 N–H and O–H groups in total. The third kappa shape index (κ3) is 3.78. The van der Waals surface area contributed by atoms with Gasteiger partial charge >= 0.3 is 0 Å². The van der Waals surface area contributed by atoms with Gasteiger partial charge in [0, 0.05) is 24.0 Å². The number of amides is 1. The third-order valence-electron chi connectivity index (χ3n) is 3.06. The Bertz CT molecular complexity index is 628. The summed E-state index contributed by atoms with van der Waals surface area (Å²) < 4.78 is 13.3. The van der Waals surface area contributed by atoms with Crippen LogP contribution in [0.2, 0.25) is 0 Å². The molecule has 1 amide bonds. The number of pyridine rings is 1. The normalized spacial score (nSPS) is 10.3. The van der Waals surface area contributed by atoms with Gasteiger partial charge in [-0.25, -0.2) is 9.37 Å². The first-order valence-electron chi connectivity index (χ1n) is 6.79. The van der Waals surface area contributed by atoms with Crippen molar-refractivity contribution in [1.29, 1.82) is 0 Å². The molecule has 21 heavy (non-hydrogen) atoms. The fraction of sp³-hybridized carbons (Fsp3) is 0.250. The maximum absolute atomic E-state index is 13.3. The van der Waals surface area contributed by atoms with E-state index < -0.39 is 0 Å². The average molecular weight is 287 g/mol. The van der Waals surface area contributed by atoms with Gasteiger partial charge in [0.15, 0.2) is 0 Å². The summed E-state index contributed by atoms with van der Waals surface area (Å²) in [4.78, 5) is 16.6. The van der Waals surface area contributed by atoms with Crippen molar-refractivity contribution in [1.82, 2.24) is 4.98 Å². The molecule has 0 aliphatic rings. The molecule has 0 aliphatic carbocycles. The highest BCUT2D eigenvalue weighted by atomic mass is 19.1. The Labute approximate surface area is 123 Å². The number of aromatic nitrogens is 1. The largest absolute Gasteiger partial charge is 0.373 e. The van der Waals surface area contributed by atoms with Gasteiger partial charge in [-0.3, -0.25) is 4.79 Å². The number of halogens is 1. The van der Waals surface area contributed by atoms with Crippen LogP contribution < -0.4 is 10.6 Å². The highest BCUT2D eigenvalue weighted by Crippen LogP contribution is 2.16. The Morgan fingerprint density at radius 1 is 1.24 bits per heavy atom. The molecule has 0 bridgehead atoms. The van der Waals surface area contributed by atoms with E-state index in [9.17, 15) is 9.18 Å². The highest BCUT2D eigenvalue weighted by molar-refractivity contribution is 6.04. The van der Waals surface area contributed by atoms with Crippen LogP contribution in [0.25, 0.3) is 0 Å². The molecule has 0 saturated heterocycles. The van der Waals surface area contributed by atoms with E-state index in [2.05, 4.69) is 15.6 Å². The summed E-state index contributed by atoms with van der Waals surface area (Å²) >= 11 is 0. The molecule has 0 spiro atoms. The summed E-state index contributed by atoms with van der Waals surface area (Å²) in [5.74, 6) is -0.0197. The zero-order valence-corrected chi connectivity index (χ0v) is 12.3. The molecule has 2 aromatic rings. The minimum Gasteiger partial charge on any atom is -0.373 e. The molecule has 5 heteroatoms. The van der Waals surface area contributed by atoms with Crippen LogP contribution in [0.5, 0.6) is 0 Å².